The van der Waals surface area contributed by atoms with Gasteiger partial charge in [-0.2, -0.15) is 0 Å². The number of rotatable bonds is 7. The molecular formula is C16H29FN2O. The minimum absolute atomic E-state index is 0.153. The number of hydrogen-bond acceptors (Lipinski definition) is 2. The van der Waals surface area contributed by atoms with Crippen LogP contribution in [-0.2, 0) is 4.79 Å². The Morgan fingerprint density at radius 3 is 2.95 bits per heavy atom. The summed E-state index contributed by atoms with van der Waals surface area (Å²) >= 11 is 0. The van der Waals surface area contributed by atoms with Gasteiger partial charge in [-0.25, -0.2) is 4.39 Å². The van der Waals surface area contributed by atoms with E-state index >= 15 is 0 Å². The number of amides is 1. The zero-order chi connectivity index (χ0) is 14.6. The third-order valence-corrected chi connectivity index (χ3v) is 4.75. The first-order valence-corrected chi connectivity index (χ1v) is 8.19. The Bertz CT molecular complexity index is 326. The summed E-state index contributed by atoms with van der Waals surface area (Å²) in [5.41, 5.74) is -1.01. The smallest absolute Gasteiger partial charge is 0.225 e. The van der Waals surface area contributed by atoms with Crippen molar-refractivity contribution in [2.24, 2.45) is 11.8 Å². The van der Waals surface area contributed by atoms with Gasteiger partial charge in [0.25, 0.3) is 0 Å². The summed E-state index contributed by atoms with van der Waals surface area (Å²) in [5.74, 6) is 1.10. The van der Waals surface area contributed by atoms with E-state index in [4.69, 9.17) is 0 Å². The third kappa shape index (κ3) is 4.18. The molecule has 116 valence electrons. The van der Waals surface area contributed by atoms with Crippen LogP contribution in [0.25, 0.3) is 0 Å². The Morgan fingerprint density at radius 2 is 2.30 bits per heavy atom. The molecule has 2 atom stereocenters. The second kappa shape index (κ2) is 6.88. The lowest BCUT2D eigenvalue weighted by atomic mass is 9.93. The van der Waals surface area contributed by atoms with Crippen molar-refractivity contribution in [3.63, 3.8) is 0 Å². The molecule has 2 aliphatic rings. The highest BCUT2D eigenvalue weighted by atomic mass is 19.1. The predicted molar refractivity (Wildman–Crippen MR) is 79.3 cm³/mol. The van der Waals surface area contributed by atoms with Crippen molar-refractivity contribution in [3.05, 3.63) is 0 Å². The molecule has 1 amide bonds. The van der Waals surface area contributed by atoms with Crippen molar-refractivity contribution in [3.8, 4) is 0 Å². The largest absolute Gasteiger partial charge is 0.342 e. The van der Waals surface area contributed by atoms with E-state index in [1.54, 1.807) is 0 Å². The monoisotopic (exact) mass is 284 g/mol. The fourth-order valence-corrected chi connectivity index (χ4v) is 3.30. The molecule has 4 heteroatoms. The number of hydrogen-bond donors (Lipinski definition) is 1. The summed E-state index contributed by atoms with van der Waals surface area (Å²) in [6.07, 6.45) is 4.99. The Kier molecular flexibility index (Phi) is 5.42. The molecule has 2 unspecified atom stereocenters. The number of carbonyl (C=O) groups is 1. The van der Waals surface area contributed by atoms with E-state index in [2.05, 4.69) is 19.2 Å². The van der Waals surface area contributed by atoms with Crippen LogP contribution in [-0.4, -0.2) is 42.7 Å². The van der Waals surface area contributed by atoms with Gasteiger partial charge in [-0.05, 0) is 51.0 Å². The van der Waals surface area contributed by atoms with Crippen molar-refractivity contribution in [2.75, 3.05) is 26.2 Å². The molecule has 2 saturated heterocycles. The summed E-state index contributed by atoms with van der Waals surface area (Å²) in [7, 11) is 0. The molecule has 3 nitrogen and oxygen atoms in total. The molecular weight excluding hydrogens is 255 g/mol. The zero-order valence-corrected chi connectivity index (χ0v) is 13.0. The number of nitrogens with one attached hydrogen (secondary N) is 1. The molecule has 2 fully saturated rings. The van der Waals surface area contributed by atoms with Gasteiger partial charge in [-0.3, -0.25) is 4.79 Å². The van der Waals surface area contributed by atoms with Crippen molar-refractivity contribution in [1.82, 2.24) is 10.2 Å². The average Bonchev–Trinajstić information content (AvgIpc) is 2.96. The number of carbonyl (C=O) groups excluding carboxylic acids is 1. The van der Waals surface area contributed by atoms with Gasteiger partial charge in [0.1, 0.15) is 5.67 Å². The quantitative estimate of drug-likeness (QED) is 0.779. The first kappa shape index (κ1) is 15.7. The van der Waals surface area contributed by atoms with Crippen LogP contribution in [0.5, 0.6) is 0 Å². The topological polar surface area (TPSA) is 32.3 Å². The normalized spacial score (nSPS) is 30.7. The summed E-state index contributed by atoms with van der Waals surface area (Å²) in [6, 6.07) is 0. The Morgan fingerprint density at radius 1 is 1.50 bits per heavy atom. The Hall–Kier alpha value is -0.640. The van der Waals surface area contributed by atoms with Crippen molar-refractivity contribution >= 4 is 5.91 Å². The summed E-state index contributed by atoms with van der Waals surface area (Å²) in [4.78, 5) is 14.3. The van der Waals surface area contributed by atoms with Crippen LogP contribution in [0.2, 0.25) is 0 Å². The predicted octanol–water partition coefficient (Wildman–Crippen LogP) is 2.75. The van der Waals surface area contributed by atoms with Crippen LogP contribution in [0.3, 0.4) is 0 Å². The van der Waals surface area contributed by atoms with E-state index in [1.807, 2.05) is 4.90 Å². The number of halogens is 1. The number of nitrogens with zero attached hydrogens (tertiary/aromatic N) is 1. The molecule has 0 saturated carbocycles. The van der Waals surface area contributed by atoms with Gasteiger partial charge in [0.05, 0.1) is 0 Å². The Labute approximate surface area is 122 Å². The van der Waals surface area contributed by atoms with Crippen LogP contribution in [0, 0.1) is 11.8 Å². The minimum atomic E-state index is -1.01. The van der Waals surface area contributed by atoms with Crippen LogP contribution in [0.15, 0.2) is 0 Å². The highest BCUT2D eigenvalue weighted by molar-refractivity contribution is 5.80. The van der Waals surface area contributed by atoms with Crippen LogP contribution in [0.4, 0.5) is 4.39 Å². The maximum absolute atomic E-state index is 14.2. The fourth-order valence-electron chi connectivity index (χ4n) is 3.30. The zero-order valence-electron chi connectivity index (χ0n) is 13.0. The van der Waals surface area contributed by atoms with Gasteiger partial charge in [0.15, 0.2) is 0 Å². The molecule has 20 heavy (non-hydrogen) atoms. The lowest BCUT2D eigenvalue weighted by Crippen LogP contribution is -2.29. The second-order valence-corrected chi connectivity index (χ2v) is 6.96. The molecule has 0 bridgehead atoms. The van der Waals surface area contributed by atoms with Gasteiger partial charge in [-0.1, -0.05) is 13.8 Å². The SMILES string of the molecule is CC(C)CCN1CCC(CCCC2(F)CCNC2)C1=O. The standard InChI is InChI=1S/C16H29FN2O/c1-13(2)5-10-19-11-6-14(15(19)20)4-3-7-16(17)8-9-18-12-16/h13-14,18H,3-12H2,1-2H3. The molecule has 0 aromatic carbocycles. The molecule has 0 aliphatic carbocycles. The number of alkyl halides is 1. The molecule has 2 aliphatic heterocycles. The molecule has 0 spiro atoms. The summed E-state index contributed by atoms with van der Waals surface area (Å²) < 4.78 is 14.2. The van der Waals surface area contributed by atoms with Gasteiger partial charge < -0.3 is 10.2 Å². The van der Waals surface area contributed by atoms with E-state index in [1.165, 1.54) is 0 Å². The first-order chi connectivity index (χ1) is 9.50. The lowest BCUT2D eigenvalue weighted by Gasteiger charge is -2.20. The highest BCUT2D eigenvalue weighted by Gasteiger charge is 2.35. The maximum Gasteiger partial charge on any atom is 0.225 e. The van der Waals surface area contributed by atoms with Crippen LogP contribution >= 0.6 is 0 Å². The third-order valence-electron chi connectivity index (χ3n) is 4.75. The van der Waals surface area contributed by atoms with Gasteiger partial charge in [0, 0.05) is 25.6 Å². The minimum Gasteiger partial charge on any atom is -0.342 e. The summed E-state index contributed by atoms with van der Waals surface area (Å²) in [5, 5.41) is 3.08. The average molecular weight is 284 g/mol. The van der Waals surface area contributed by atoms with Crippen LogP contribution in [0.1, 0.15) is 52.4 Å². The van der Waals surface area contributed by atoms with Gasteiger partial charge in [-0.15, -0.1) is 0 Å². The lowest BCUT2D eigenvalue weighted by molar-refractivity contribution is -0.131. The molecule has 0 aromatic heterocycles. The van der Waals surface area contributed by atoms with Crippen molar-refractivity contribution < 1.29 is 9.18 Å². The van der Waals surface area contributed by atoms with E-state index < -0.39 is 5.67 Å². The molecule has 0 radical (unpaired) electrons. The molecule has 0 aromatic rings. The fraction of sp³-hybridized carbons (Fsp3) is 0.938. The first-order valence-electron chi connectivity index (χ1n) is 8.19. The molecule has 2 heterocycles. The molecule has 1 N–H and O–H groups in total. The number of likely N-dealkylation sites (tertiary alicyclic amines) is 1. The van der Waals surface area contributed by atoms with E-state index in [9.17, 15) is 9.18 Å². The van der Waals surface area contributed by atoms with E-state index in [-0.39, 0.29) is 5.92 Å². The van der Waals surface area contributed by atoms with E-state index in [0.29, 0.717) is 31.2 Å². The van der Waals surface area contributed by atoms with E-state index in [0.717, 1.165) is 45.3 Å². The highest BCUT2D eigenvalue weighted by Crippen LogP contribution is 2.29. The maximum atomic E-state index is 14.2. The Balaban J connectivity index is 1.68. The second-order valence-electron chi connectivity index (χ2n) is 6.96. The summed E-state index contributed by atoms with van der Waals surface area (Å²) in [6.45, 7) is 7.46. The van der Waals surface area contributed by atoms with Gasteiger partial charge >= 0.3 is 0 Å². The van der Waals surface area contributed by atoms with Crippen molar-refractivity contribution in [2.45, 2.75) is 58.0 Å². The van der Waals surface area contributed by atoms with Gasteiger partial charge in [0.2, 0.25) is 5.91 Å². The molecule has 2 rings (SSSR count). The van der Waals surface area contributed by atoms with Crippen LogP contribution < -0.4 is 5.32 Å². The van der Waals surface area contributed by atoms with Crippen molar-refractivity contribution in [1.29, 1.82) is 0 Å².